The maximum Gasteiger partial charge on any atom is 0.316 e. The van der Waals surface area contributed by atoms with Gasteiger partial charge in [0.05, 0.1) is 16.8 Å². The zero-order valence-electron chi connectivity index (χ0n) is 8.29. The summed E-state index contributed by atoms with van der Waals surface area (Å²) >= 11 is 3.32. The largest absolute Gasteiger partial charge is 0.463 e. The van der Waals surface area contributed by atoms with Crippen LogP contribution in [0.25, 0.3) is 0 Å². The molecular formula is C9H13BrN2O2. The van der Waals surface area contributed by atoms with E-state index in [1.807, 2.05) is 6.92 Å². The summed E-state index contributed by atoms with van der Waals surface area (Å²) in [5, 5.41) is 0. The molecule has 4 nitrogen and oxygen atoms in total. The van der Waals surface area contributed by atoms with Gasteiger partial charge in [0.2, 0.25) is 0 Å². The first-order valence-electron chi connectivity index (χ1n) is 4.35. The van der Waals surface area contributed by atoms with E-state index in [1.165, 1.54) is 0 Å². The van der Waals surface area contributed by atoms with Crippen LogP contribution in [0.5, 0.6) is 6.01 Å². The topological polar surface area (TPSA) is 44.2 Å². The minimum absolute atomic E-state index is 0.418. The smallest absolute Gasteiger partial charge is 0.316 e. The summed E-state index contributed by atoms with van der Waals surface area (Å²) in [7, 11) is 1.67. The molecule has 0 fully saturated rings. The van der Waals surface area contributed by atoms with E-state index in [-0.39, 0.29) is 0 Å². The maximum atomic E-state index is 5.32. The summed E-state index contributed by atoms with van der Waals surface area (Å²) in [4.78, 5) is 8.17. The number of nitrogens with zero attached hydrogens (tertiary/aromatic N) is 2. The predicted molar refractivity (Wildman–Crippen MR) is 56.5 cm³/mol. The molecule has 0 saturated heterocycles. The van der Waals surface area contributed by atoms with Crippen molar-refractivity contribution < 1.29 is 9.47 Å². The zero-order chi connectivity index (χ0) is 10.4. The third-order valence-corrected chi connectivity index (χ3v) is 2.40. The van der Waals surface area contributed by atoms with Gasteiger partial charge in [0.1, 0.15) is 0 Å². The van der Waals surface area contributed by atoms with Crippen molar-refractivity contribution in [1.29, 1.82) is 0 Å². The fourth-order valence-electron chi connectivity index (χ4n) is 0.867. The number of methoxy groups -OCH3 is 1. The Kier molecular flexibility index (Phi) is 4.82. The Morgan fingerprint density at radius 1 is 1.43 bits per heavy atom. The SMILES string of the molecule is COCCCOc1ncc(Br)c(C)n1. The van der Waals surface area contributed by atoms with Crippen molar-refractivity contribution in [1.82, 2.24) is 9.97 Å². The quantitative estimate of drug-likeness (QED) is 0.760. The van der Waals surface area contributed by atoms with Gasteiger partial charge in [-0.1, -0.05) is 0 Å². The molecule has 0 aliphatic rings. The van der Waals surface area contributed by atoms with Gasteiger partial charge >= 0.3 is 6.01 Å². The standard InChI is InChI=1S/C9H13BrN2O2/c1-7-8(10)6-11-9(12-7)14-5-3-4-13-2/h6H,3-5H2,1-2H3. The predicted octanol–water partition coefficient (Wildman–Crippen LogP) is 1.96. The Morgan fingerprint density at radius 3 is 2.86 bits per heavy atom. The van der Waals surface area contributed by atoms with Crippen LogP contribution in [0.3, 0.4) is 0 Å². The highest BCUT2D eigenvalue weighted by Crippen LogP contribution is 2.14. The van der Waals surface area contributed by atoms with Crippen LogP contribution in [-0.4, -0.2) is 30.3 Å². The number of hydrogen-bond acceptors (Lipinski definition) is 4. The first-order valence-corrected chi connectivity index (χ1v) is 5.14. The Balaban J connectivity index is 2.39. The van der Waals surface area contributed by atoms with E-state index < -0.39 is 0 Å². The Bertz CT molecular complexity index is 294. The molecule has 0 amide bonds. The lowest BCUT2D eigenvalue weighted by atomic mass is 10.5. The van der Waals surface area contributed by atoms with Gasteiger partial charge in [-0.2, -0.15) is 4.98 Å². The van der Waals surface area contributed by atoms with Crippen LogP contribution < -0.4 is 4.74 Å². The van der Waals surface area contributed by atoms with Crippen LogP contribution in [0.2, 0.25) is 0 Å². The highest BCUT2D eigenvalue weighted by atomic mass is 79.9. The van der Waals surface area contributed by atoms with E-state index >= 15 is 0 Å². The molecule has 0 aromatic carbocycles. The molecule has 0 unspecified atom stereocenters. The van der Waals surface area contributed by atoms with Crippen molar-refractivity contribution in [3.8, 4) is 6.01 Å². The lowest BCUT2D eigenvalue weighted by Crippen LogP contribution is -2.04. The summed E-state index contributed by atoms with van der Waals surface area (Å²) < 4.78 is 11.1. The maximum absolute atomic E-state index is 5.32. The molecule has 5 heteroatoms. The lowest BCUT2D eigenvalue weighted by Gasteiger charge is -2.04. The summed E-state index contributed by atoms with van der Waals surface area (Å²) in [5.41, 5.74) is 0.877. The molecule has 0 aliphatic carbocycles. The highest BCUT2D eigenvalue weighted by molar-refractivity contribution is 9.10. The normalized spacial score (nSPS) is 10.2. The zero-order valence-corrected chi connectivity index (χ0v) is 9.87. The first-order chi connectivity index (χ1) is 6.74. The van der Waals surface area contributed by atoms with Crippen molar-refractivity contribution in [3.63, 3.8) is 0 Å². The van der Waals surface area contributed by atoms with Crippen molar-refractivity contribution >= 4 is 15.9 Å². The Morgan fingerprint density at radius 2 is 2.21 bits per heavy atom. The van der Waals surface area contributed by atoms with E-state index in [4.69, 9.17) is 9.47 Å². The van der Waals surface area contributed by atoms with Crippen LogP contribution in [0.4, 0.5) is 0 Å². The second-order valence-electron chi connectivity index (χ2n) is 2.78. The second kappa shape index (κ2) is 5.93. The van der Waals surface area contributed by atoms with E-state index in [1.54, 1.807) is 13.3 Å². The van der Waals surface area contributed by atoms with Gasteiger partial charge in [0.25, 0.3) is 0 Å². The molecule has 0 N–H and O–H groups in total. The molecule has 0 saturated carbocycles. The molecule has 0 bridgehead atoms. The van der Waals surface area contributed by atoms with Gasteiger partial charge < -0.3 is 9.47 Å². The lowest BCUT2D eigenvalue weighted by molar-refractivity contribution is 0.168. The van der Waals surface area contributed by atoms with Gasteiger partial charge in [0, 0.05) is 26.3 Å². The molecule has 78 valence electrons. The van der Waals surface area contributed by atoms with Gasteiger partial charge in [-0.25, -0.2) is 4.98 Å². The van der Waals surface area contributed by atoms with Crippen LogP contribution in [0, 0.1) is 6.92 Å². The number of ether oxygens (including phenoxy) is 2. The Hall–Kier alpha value is -0.680. The third kappa shape index (κ3) is 3.59. The van der Waals surface area contributed by atoms with E-state index in [2.05, 4.69) is 25.9 Å². The summed E-state index contributed by atoms with van der Waals surface area (Å²) in [6.07, 6.45) is 2.53. The molecule has 0 aliphatic heterocycles. The monoisotopic (exact) mass is 260 g/mol. The van der Waals surface area contributed by atoms with E-state index in [0.717, 1.165) is 16.6 Å². The molecular weight excluding hydrogens is 248 g/mol. The minimum atomic E-state index is 0.418. The van der Waals surface area contributed by atoms with Gasteiger partial charge in [0.15, 0.2) is 0 Å². The van der Waals surface area contributed by atoms with Crippen molar-refractivity contribution in [3.05, 3.63) is 16.4 Å². The fourth-order valence-corrected chi connectivity index (χ4v) is 1.06. The van der Waals surface area contributed by atoms with Gasteiger partial charge in [-0.3, -0.25) is 0 Å². The van der Waals surface area contributed by atoms with E-state index in [9.17, 15) is 0 Å². The molecule has 0 atom stereocenters. The van der Waals surface area contributed by atoms with Crippen molar-refractivity contribution in [2.45, 2.75) is 13.3 Å². The molecule has 0 radical (unpaired) electrons. The highest BCUT2D eigenvalue weighted by Gasteiger charge is 2.00. The number of aromatic nitrogens is 2. The van der Waals surface area contributed by atoms with Crippen LogP contribution >= 0.6 is 15.9 Å². The molecule has 1 rings (SSSR count). The average Bonchev–Trinajstić information content (AvgIpc) is 2.18. The summed E-state index contributed by atoms with van der Waals surface area (Å²) in [6, 6.07) is 0.418. The number of aryl methyl sites for hydroxylation is 1. The molecule has 0 spiro atoms. The van der Waals surface area contributed by atoms with Crippen molar-refractivity contribution in [2.75, 3.05) is 20.3 Å². The van der Waals surface area contributed by atoms with Crippen LogP contribution in [-0.2, 0) is 4.74 Å². The van der Waals surface area contributed by atoms with Crippen molar-refractivity contribution in [2.24, 2.45) is 0 Å². The number of halogens is 1. The average molecular weight is 261 g/mol. The molecule has 1 aromatic rings. The second-order valence-corrected chi connectivity index (χ2v) is 3.64. The molecule has 14 heavy (non-hydrogen) atoms. The summed E-state index contributed by atoms with van der Waals surface area (Å²) in [5.74, 6) is 0. The van der Waals surface area contributed by atoms with Crippen LogP contribution in [0.1, 0.15) is 12.1 Å². The molecule has 1 heterocycles. The fraction of sp³-hybridized carbons (Fsp3) is 0.556. The van der Waals surface area contributed by atoms with Gasteiger partial charge in [-0.15, -0.1) is 0 Å². The minimum Gasteiger partial charge on any atom is -0.463 e. The first kappa shape index (κ1) is 11.4. The number of rotatable bonds is 5. The summed E-state index contributed by atoms with van der Waals surface area (Å²) in [6.45, 7) is 3.16. The Labute approximate surface area is 91.8 Å². The van der Waals surface area contributed by atoms with E-state index in [0.29, 0.717) is 19.2 Å². The molecule has 1 aromatic heterocycles. The third-order valence-electron chi connectivity index (χ3n) is 1.62. The van der Waals surface area contributed by atoms with Gasteiger partial charge in [-0.05, 0) is 22.9 Å². The number of hydrogen-bond donors (Lipinski definition) is 0. The van der Waals surface area contributed by atoms with Crippen LogP contribution in [0.15, 0.2) is 10.7 Å².